The molecule has 0 aliphatic heterocycles. The van der Waals surface area contributed by atoms with Crippen LogP contribution in [0.2, 0.25) is 0 Å². The molecule has 0 fully saturated rings. The zero-order valence-electron chi connectivity index (χ0n) is 30.4. The minimum absolute atomic E-state index is 0.0553. The van der Waals surface area contributed by atoms with Crippen molar-refractivity contribution in [3.8, 4) is 51.0 Å². The predicted molar refractivity (Wildman–Crippen MR) is 213 cm³/mol. The highest BCUT2D eigenvalue weighted by Crippen LogP contribution is 2.41. The van der Waals surface area contributed by atoms with Crippen molar-refractivity contribution in [2.75, 3.05) is 0 Å². The Morgan fingerprint density at radius 1 is 0.442 bits per heavy atom. The number of halogens is 1. The summed E-state index contributed by atoms with van der Waals surface area (Å²) < 4.78 is 16.7. The van der Waals surface area contributed by atoms with Gasteiger partial charge in [0, 0.05) is 33.0 Å². The SMILES string of the molecule is CC(C)(C)c1ccc2c3ccc(C(C)(C)C)cc3n(-c3cc(-c4nc(-c5ccccc5)nc(-c5ccccc5)n4)ccc3-c3ccc(F)cc3)c2c1. The Morgan fingerprint density at radius 3 is 1.35 bits per heavy atom. The maximum absolute atomic E-state index is 14.3. The molecule has 0 unspecified atom stereocenters. The Labute approximate surface area is 304 Å². The maximum Gasteiger partial charge on any atom is 0.164 e. The van der Waals surface area contributed by atoms with Crippen molar-refractivity contribution in [3.63, 3.8) is 0 Å². The van der Waals surface area contributed by atoms with Crippen molar-refractivity contribution in [3.05, 3.63) is 156 Å². The Morgan fingerprint density at radius 2 is 0.885 bits per heavy atom. The van der Waals surface area contributed by atoms with Crippen molar-refractivity contribution in [2.45, 2.75) is 52.4 Å². The summed E-state index contributed by atoms with van der Waals surface area (Å²) in [7, 11) is 0. The lowest BCUT2D eigenvalue weighted by Gasteiger charge is -2.21. The molecule has 0 saturated carbocycles. The molecule has 0 aliphatic carbocycles. The average molecular weight is 681 g/mol. The lowest BCUT2D eigenvalue weighted by atomic mass is 9.86. The first-order valence-corrected chi connectivity index (χ1v) is 17.8. The summed E-state index contributed by atoms with van der Waals surface area (Å²) in [6, 6.07) is 46.9. The zero-order chi connectivity index (χ0) is 36.2. The predicted octanol–water partition coefficient (Wildman–Crippen LogP) is 12.4. The molecule has 0 N–H and O–H groups in total. The van der Waals surface area contributed by atoms with Gasteiger partial charge in [-0.3, -0.25) is 0 Å². The van der Waals surface area contributed by atoms with Crippen molar-refractivity contribution < 1.29 is 4.39 Å². The van der Waals surface area contributed by atoms with Crippen LogP contribution >= 0.6 is 0 Å². The van der Waals surface area contributed by atoms with E-state index in [1.54, 1.807) is 0 Å². The first-order valence-electron chi connectivity index (χ1n) is 17.8. The van der Waals surface area contributed by atoms with E-state index >= 15 is 0 Å². The van der Waals surface area contributed by atoms with Crippen LogP contribution in [-0.2, 0) is 10.8 Å². The lowest BCUT2D eigenvalue weighted by Crippen LogP contribution is -2.11. The van der Waals surface area contributed by atoms with E-state index in [0.29, 0.717) is 17.5 Å². The molecule has 0 aliphatic rings. The third kappa shape index (κ3) is 6.17. The Kier molecular flexibility index (Phi) is 8.10. The Hall–Kier alpha value is -5.94. The van der Waals surface area contributed by atoms with Crippen LogP contribution in [-0.4, -0.2) is 19.5 Å². The third-order valence-electron chi connectivity index (χ3n) is 9.85. The third-order valence-corrected chi connectivity index (χ3v) is 9.85. The molecule has 5 heteroatoms. The van der Waals surface area contributed by atoms with Crippen LogP contribution in [0.4, 0.5) is 4.39 Å². The summed E-state index contributed by atoms with van der Waals surface area (Å²) >= 11 is 0. The standard InChI is InChI=1S/C47H41FN4/c1-46(2,3)34-20-25-38-39-26-21-35(47(4,5)6)29-42(39)52(41(38)28-34)40-27-33(19-24-37(40)30-17-22-36(48)23-18-30)45-50-43(31-13-9-7-10-14-31)49-44(51-45)32-15-11-8-12-16-32/h7-29H,1-6H3. The van der Waals surface area contributed by atoms with Crippen LogP contribution in [0.5, 0.6) is 0 Å². The van der Waals surface area contributed by atoms with Crippen LogP contribution in [0.15, 0.2) is 140 Å². The molecule has 8 aromatic rings. The number of fused-ring (bicyclic) bond motifs is 3. The normalized spacial score (nSPS) is 12.1. The lowest BCUT2D eigenvalue weighted by molar-refractivity contribution is 0.591. The molecule has 2 heterocycles. The molecule has 4 nitrogen and oxygen atoms in total. The van der Waals surface area contributed by atoms with Crippen LogP contribution in [0, 0.1) is 5.82 Å². The van der Waals surface area contributed by atoms with Crippen LogP contribution in [0.3, 0.4) is 0 Å². The molecule has 0 atom stereocenters. The topological polar surface area (TPSA) is 43.6 Å². The maximum atomic E-state index is 14.3. The molecular formula is C47H41FN4. The summed E-state index contributed by atoms with van der Waals surface area (Å²) in [6.07, 6.45) is 0. The van der Waals surface area contributed by atoms with E-state index in [9.17, 15) is 4.39 Å². The smallest absolute Gasteiger partial charge is 0.164 e. The summed E-state index contributed by atoms with van der Waals surface area (Å²) in [5.41, 5.74) is 10.1. The van der Waals surface area contributed by atoms with E-state index in [4.69, 9.17) is 15.0 Å². The van der Waals surface area contributed by atoms with Gasteiger partial charge in [-0.15, -0.1) is 0 Å². The van der Waals surface area contributed by atoms with Crippen LogP contribution in [0.1, 0.15) is 52.7 Å². The van der Waals surface area contributed by atoms with Gasteiger partial charge >= 0.3 is 0 Å². The fraction of sp³-hybridized carbons (Fsp3) is 0.170. The van der Waals surface area contributed by atoms with Gasteiger partial charge in [-0.05, 0) is 57.9 Å². The van der Waals surface area contributed by atoms with E-state index in [2.05, 4.69) is 101 Å². The van der Waals surface area contributed by atoms with E-state index in [-0.39, 0.29) is 16.6 Å². The second-order valence-corrected chi connectivity index (χ2v) is 15.6. The summed E-state index contributed by atoms with van der Waals surface area (Å²) in [4.78, 5) is 15.1. The Balaban J connectivity index is 1.46. The van der Waals surface area contributed by atoms with Gasteiger partial charge in [-0.2, -0.15) is 0 Å². The van der Waals surface area contributed by atoms with Gasteiger partial charge in [0.05, 0.1) is 16.7 Å². The van der Waals surface area contributed by atoms with E-state index < -0.39 is 0 Å². The van der Waals surface area contributed by atoms with Crippen LogP contribution in [0.25, 0.3) is 72.8 Å². The van der Waals surface area contributed by atoms with E-state index in [1.165, 1.54) is 34.0 Å². The number of aromatic nitrogens is 4. The largest absolute Gasteiger partial charge is 0.309 e. The molecule has 8 rings (SSSR count). The second kappa shape index (κ2) is 12.7. The first-order chi connectivity index (χ1) is 24.9. The fourth-order valence-electron chi connectivity index (χ4n) is 6.88. The fourth-order valence-corrected chi connectivity index (χ4v) is 6.88. The number of benzene rings is 6. The highest BCUT2D eigenvalue weighted by Gasteiger charge is 2.23. The quantitative estimate of drug-likeness (QED) is 0.182. The zero-order valence-corrected chi connectivity index (χ0v) is 30.4. The summed E-state index contributed by atoms with van der Waals surface area (Å²) in [5.74, 6) is 1.52. The van der Waals surface area contributed by atoms with Gasteiger partial charge in [0.25, 0.3) is 0 Å². The van der Waals surface area contributed by atoms with Gasteiger partial charge in [0.2, 0.25) is 0 Å². The van der Waals surface area contributed by atoms with Crippen molar-refractivity contribution >= 4 is 21.8 Å². The number of hydrogen-bond acceptors (Lipinski definition) is 3. The molecular weight excluding hydrogens is 640 g/mol. The van der Waals surface area contributed by atoms with Crippen molar-refractivity contribution in [2.24, 2.45) is 0 Å². The van der Waals surface area contributed by atoms with Gasteiger partial charge in [-0.1, -0.05) is 151 Å². The molecule has 52 heavy (non-hydrogen) atoms. The molecule has 2 aromatic heterocycles. The molecule has 0 saturated heterocycles. The monoisotopic (exact) mass is 680 g/mol. The Bertz CT molecular complexity index is 2440. The van der Waals surface area contributed by atoms with Gasteiger partial charge in [0.1, 0.15) is 5.82 Å². The van der Waals surface area contributed by atoms with Gasteiger partial charge < -0.3 is 4.57 Å². The second-order valence-electron chi connectivity index (χ2n) is 15.6. The average Bonchev–Trinajstić information content (AvgIpc) is 3.48. The highest BCUT2D eigenvalue weighted by atomic mass is 19.1. The first kappa shape index (κ1) is 33.2. The summed E-state index contributed by atoms with van der Waals surface area (Å²) in [5, 5.41) is 2.36. The molecule has 6 aromatic carbocycles. The van der Waals surface area contributed by atoms with Crippen molar-refractivity contribution in [1.82, 2.24) is 19.5 Å². The highest BCUT2D eigenvalue weighted by molar-refractivity contribution is 6.10. The van der Waals surface area contributed by atoms with E-state index in [1.807, 2.05) is 72.8 Å². The van der Waals surface area contributed by atoms with Crippen LogP contribution < -0.4 is 0 Å². The molecule has 0 amide bonds. The van der Waals surface area contributed by atoms with Gasteiger partial charge in [0.15, 0.2) is 17.5 Å². The minimum Gasteiger partial charge on any atom is -0.309 e. The molecule has 0 radical (unpaired) electrons. The number of nitrogens with zero attached hydrogens (tertiary/aromatic N) is 4. The van der Waals surface area contributed by atoms with Gasteiger partial charge in [-0.25, -0.2) is 19.3 Å². The number of rotatable bonds is 5. The summed E-state index contributed by atoms with van der Waals surface area (Å²) in [6.45, 7) is 13.5. The molecule has 0 bridgehead atoms. The van der Waals surface area contributed by atoms with Crippen molar-refractivity contribution in [1.29, 1.82) is 0 Å². The molecule has 256 valence electrons. The molecule has 0 spiro atoms. The minimum atomic E-state index is -0.268. The number of hydrogen-bond donors (Lipinski definition) is 0. The van der Waals surface area contributed by atoms with E-state index in [0.717, 1.165) is 44.5 Å².